The second-order valence-corrected chi connectivity index (χ2v) is 11.1. The highest BCUT2D eigenvalue weighted by molar-refractivity contribution is 5.56. The molecule has 0 aliphatic heterocycles. The molecule has 2 atom stereocenters. The lowest BCUT2D eigenvalue weighted by atomic mass is 9.55. The number of fused-ring (bicyclic) bond motifs is 1. The first-order valence-electron chi connectivity index (χ1n) is 10.0. The smallest absolute Gasteiger partial charge is 0.0222 e. The topological polar surface area (TPSA) is 0 Å². The summed E-state index contributed by atoms with van der Waals surface area (Å²) in [6.07, 6.45) is 0. The third-order valence-electron chi connectivity index (χ3n) is 6.64. The molecule has 26 heavy (non-hydrogen) atoms. The van der Waals surface area contributed by atoms with Crippen molar-refractivity contribution in [3.05, 3.63) is 70.8 Å². The maximum absolute atomic E-state index is 2.50. The quantitative estimate of drug-likeness (QED) is 0.509. The van der Waals surface area contributed by atoms with Gasteiger partial charge in [0.1, 0.15) is 0 Å². The maximum Gasteiger partial charge on any atom is 0.0222 e. The monoisotopic (exact) mass is 348 g/mol. The standard InChI is InChI=1S/C26H36/c1-23(2,3)18-14-10-12-16-20(18)26(9)21-17-13-11-15-19(21)25(7,8)22(26)24(4,5)6/h10-17,22H,1-9H3. The molecule has 3 rings (SSSR count). The van der Waals surface area contributed by atoms with Crippen LogP contribution in [0.25, 0.3) is 0 Å². The van der Waals surface area contributed by atoms with Crippen LogP contribution in [0, 0.1) is 11.3 Å². The number of hydrogen-bond donors (Lipinski definition) is 0. The molecular formula is C26H36. The van der Waals surface area contributed by atoms with Gasteiger partial charge in [0.25, 0.3) is 0 Å². The molecule has 0 heterocycles. The predicted molar refractivity (Wildman–Crippen MR) is 114 cm³/mol. The largest absolute Gasteiger partial charge is 0.0620 e. The Labute approximate surface area is 161 Å². The Balaban J connectivity index is 2.41. The van der Waals surface area contributed by atoms with Gasteiger partial charge in [0.2, 0.25) is 0 Å². The molecule has 0 aromatic heterocycles. The van der Waals surface area contributed by atoms with Gasteiger partial charge in [-0.05, 0) is 44.4 Å². The lowest BCUT2D eigenvalue weighted by Crippen LogP contribution is -2.45. The summed E-state index contributed by atoms with van der Waals surface area (Å²) < 4.78 is 0. The Morgan fingerprint density at radius 2 is 1.12 bits per heavy atom. The van der Waals surface area contributed by atoms with Gasteiger partial charge in [0.05, 0.1) is 0 Å². The molecule has 140 valence electrons. The molecule has 0 fully saturated rings. The highest BCUT2D eigenvalue weighted by atomic mass is 14.6. The Kier molecular flexibility index (Phi) is 4.22. The summed E-state index contributed by atoms with van der Waals surface area (Å²) in [5, 5.41) is 0. The maximum atomic E-state index is 2.50. The second-order valence-electron chi connectivity index (χ2n) is 11.1. The van der Waals surface area contributed by atoms with E-state index in [-0.39, 0.29) is 21.7 Å². The molecule has 0 saturated carbocycles. The molecule has 0 amide bonds. The van der Waals surface area contributed by atoms with E-state index in [9.17, 15) is 0 Å². The average molecular weight is 349 g/mol. The van der Waals surface area contributed by atoms with E-state index in [1.165, 1.54) is 22.3 Å². The van der Waals surface area contributed by atoms with Gasteiger partial charge in [-0.3, -0.25) is 0 Å². The average Bonchev–Trinajstić information content (AvgIpc) is 2.71. The van der Waals surface area contributed by atoms with E-state index in [2.05, 4.69) is 111 Å². The van der Waals surface area contributed by atoms with Crippen LogP contribution in [0.1, 0.15) is 84.6 Å². The molecule has 0 heteroatoms. The Morgan fingerprint density at radius 1 is 0.654 bits per heavy atom. The van der Waals surface area contributed by atoms with Gasteiger partial charge in [-0.15, -0.1) is 0 Å². The number of hydrogen-bond acceptors (Lipinski definition) is 0. The van der Waals surface area contributed by atoms with Crippen LogP contribution in [0.15, 0.2) is 48.5 Å². The zero-order chi connectivity index (χ0) is 19.5. The fraction of sp³-hybridized carbons (Fsp3) is 0.538. The molecule has 0 bridgehead atoms. The minimum Gasteiger partial charge on any atom is -0.0620 e. The van der Waals surface area contributed by atoms with Crippen molar-refractivity contribution in [3.63, 3.8) is 0 Å². The number of rotatable bonds is 1. The lowest BCUT2D eigenvalue weighted by Gasteiger charge is -2.48. The van der Waals surface area contributed by atoms with Crippen LogP contribution in [-0.2, 0) is 16.2 Å². The van der Waals surface area contributed by atoms with Crippen molar-refractivity contribution >= 4 is 0 Å². The fourth-order valence-corrected chi connectivity index (χ4v) is 6.37. The van der Waals surface area contributed by atoms with Gasteiger partial charge in [-0.25, -0.2) is 0 Å². The molecule has 2 unspecified atom stereocenters. The van der Waals surface area contributed by atoms with Crippen LogP contribution < -0.4 is 0 Å². The fourth-order valence-electron chi connectivity index (χ4n) is 6.37. The van der Waals surface area contributed by atoms with E-state index in [4.69, 9.17) is 0 Å². The third kappa shape index (κ3) is 2.65. The highest BCUT2D eigenvalue weighted by Gasteiger charge is 2.58. The molecule has 0 radical (unpaired) electrons. The lowest BCUT2D eigenvalue weighted by molar-refractivity contribution is 0.105. The van der Waals surface area contributed by atoms with Crippen LogP contribution in [0.2, 0.25) is 0 Å². The normalized spacial score (nSPS) is 25.2. The van der Waals surface area contributed by atoms with E-state index in [1.807, 2.05) is 0 Å². The Bertz CT molecular complexity index is 810. The second kappa shape index (κ2) is 5.72. The Hall–Kier alpha value is -1.56. The van der Waals surface area contributed by atoms with Gasteiger partial charge in [-0.1, -0.05) is 111 Å². The first-order valence-corrected chi connectivity index (χ1v) is 10.0. The van der Waals surface area contributed by atoms with Crippen molar-refractivity contribution < 1.29 is 0 Å². The molecule has 0 saturated heterocycles. The molecule has 0 nitrogen and oxygen atoms in total. The first kappa shape index (κ1) is 19.2. The van der Waals surface area contributed by atoms with Gasteiger partial charge < -0.3 is 0 Å². The first-order chi connectivity index (χ1) is 11.8. The van der Waals surface area contributed by atoms with Crippen LogP contribution in [0.4, 0.5) is 0 Å². The van der Waals surface area contributed by atoms with Gasteiger partial charge >= 0.3 is 0 Å². The zero-order valence-electron chi connectivity index (χ0n) is 18.2. The van der Waals surface area contributed by atoms with E-state index < -0.39 is 0 Å². The summed E-state index contributed by atoms with van der Waals surface area (Å²) in [4.78, 5) is 0. The van der Waals surface area contributed by atoms with Gasteiger partial charge in [0, 0.05) is 5.41 Å². The van der Waals surface area contributed by atoms with Crippen molar-refractivity contribution in [1.29, 1.82) is 0 Å². The predicted octanol–water partition coefficient (Wildman–Crippen LogP) is 7.24. The van der Waals surface area contributed by atoms with Crippen LogP contribution >= 0.6 is 0 Å². The number of benzene rings is 2. The molecule has 2 aromatic rings. The van der Waals surface area contributed by atoms with Gasteiger partial charge in [0.15, 0.2) is 0 Å². The molecule has 0 N–H and O–H groups in total. The minimum atomic E-state index is 0.00220. The van der Waals surface area contributed by atoms with Crippen LogP contribution in [0.3, 0.4) is 0 Å². The molecule has 2 aromatic carbocycles. The summed E-state index contributed by atoms with van der Waals surface area (Å²) in [5.41, 5.74) is 6.48. The van der Waals surface area contributed by atoms with E-state index in [1.54, 1.807) is 0 Å². The minimum absolute atomic E-state index is 0.00220. The SMILES string of the molecule is CC(C)(C)c1ccccc1C1(C)c2ccccc2C(C)(C)C1C(C)(C)C. The van der Waals surface area contributed by atoms with Crippen LogP contribution in [0.5, 0.6) is 0 Å². The van der Waals surface area contributed by atoms with Gasteiger partial charge in [-0.2, -0.15) is 0 Å². The van der Waals surface area contributed by atoms with Crippen molar-refractivity contribution in [2.75, 3.05) is 0 Å². The van der Waals surface area contributed by atoms with Crippen molar-refractivity contribution in [3.8, 4) is 0 Å². The summed E-state index contributed by atoms with van der Waals surface area (Å²) in [6.45, 7) is 21.7. The Morgan fingerprint density at radius 3 is 1.62 bits per heavy atom. The van der Waals surface area contributed by atoms with E-state index >= 15 is 0 Å². The highest BCUT2D eigenvalue weighted by Crippen LogP contribution is 2.63. The van der Waals surface area contributed by atoms with Crippen molar-refractivity contribution in [2.24, 2.45) is 11.3 Å². The van der Waals surface area contributed by atoms with Crippen molar-refractivity contribution in [2.45, 2.75) is 78.6 Å². The molecule has 1 aliphatic rings. The van der Waals surface area contributed by atoms with Crippen molar-refractivity contribution in [1.82, 2.24) is 0 Å². The van der Waals surface area contributed by atoms with E-state index in [0.717, 1.165) is 0 Å². The van der Waals surface area contributed by atoms with E-state index in [0.29, 0.717) is 5.92 Å². The molecular weight excluding hydrogens is 312 g/mol. The summed E-state index contributed by atoms with van der Waals surface area (Å²) in [6, 6.07) is 18.3. The van der Waals surface area contributed by atoms with Crippen LogP contribution in [-0.4, -0.2) is 0 Å². The third-order valence-corrected chi connectivity index (χ3v) is 6.64. The zero-order valence-corrected chi connectivity index (χ0v) is 18.2. The molecule has 1 aliphatic carbocycles. The summed E-state index contributed by atoms with van der Waals surface area (Å²) in [5.74, 6) is 0.517. The summed E-state index contributed by atoms with van der Waals surface area (Å²) >= 11 is 0. The summed E-state index contributed by atoms with van der Waals surface area (Å²) in [7, 11) is 0. The molecule has 0 spiro atoms.